The highest BCUT2D eigenvalue weighted by Gasteiger charge is 2.35. The van der Waals surface area contributed by atoms with Gasteiger partial charge in [0.2, 0.25) is 0 Å². The van der Waals surface area contributed by atoms with E-state index in [1.165, 1.54) is 24.3 Å². The van der Waals surface area contributed by atoms with Gasteiger partial charge in [-0.25, -0.2) is 0 Å². The quantitative estimate of drug-likeness (QED) is 0.913. The van der Waals surface area contributed by atoms with Crippen molar-refractivity contribution >= 4 is 12.4 Å². The molecule has 3 nitrogen and oxygen atoms in total. The van der Waals surface area contributed by atoms with E-state index in [0.29, 0.717) is 12.8 Å². The fourth-order valence-corrected chi connectivity index (χ4v) is 2.29. The van der Waals surface area contributed by atoms with Crippen molar-refractivity contribution in [2.75, 3.05) is 13.1 Å². The van der Waals surface area contributed by atoms with Gasteiger partial charge in [-0.3, -0.25) is 0 Å². The van der Waals surface area contributed by atoms with Crippen LogP contribution in [0.3, 0.4) is 0 Å². The van der Waals surface area contributed by atoms with Gasteiger partial charge in [0.15, 0.2) is 0 Å². The second-order valence-corrected chi connectivity index (χ2v) is 4.52. The first-order chi connectivity index (χ1) is 8.95. The summed E-state index contributed by atoms with van der Waals surface area (Å²) in [5, 5.41) is 12.5. The van der Waals surface area contributed by atoms with Crippen LogP contribution in [-0.4, -0.2) is 19.5 Å². The molecule has 1 fully saturated rings. The summed E-state index contributed by atoms with van der Waals surface area (Å²) in [5.41, 5.74) is 0.133. The van der Waals surface area contributed by atoms with E-state index >= 15 is 0 Å². The van der Waals surface area contributed by atoms with Crippen LogP contribution in [-0.2, 0) is 5.41 Å². The predicted molar refractivity (Wildman–Crippen MR) is 69.8 cm³/mol. The molecule has 0 atom stereocenters. The van der Waals surface area contributed by atoms with Crippen molar-refractivity contribution in [3.05, 3.63) is 29.8 Å². The van der Waals surface area contributed by atoms with Gasteiger partial charge in [0, 0.05) is 0 Å². The first-order valence-corrected chi connectivity index (χ1v) is 5.93. The Hall–Kier alpha value is -1.45. The summed E-state index contributed by atoms with van der Waals surface area (Å²) in [6.45, 7) is 1.46. The van der Waals surface area contributed by atoms with Crippen molar-refractivity contribution < 1.29 is 17.9 Å². The SMILES string of the molecule is Cl.N#CC1(c2ccc(OC(F)(F)F)cc2)CCNCC1. The third kappa shape index (κ3) is 3.78. The molecule has 1 aromatic carbocycles. The molecule has 110 valence electrons. The molecule has 0 amide bonds. The van der Waals surface area contributed by atoms with Gasteiger partial charge in [0.25, 0.3) is 0 Å². The number of nitrogens with zero attached hydrogens (tertiary/aromatic N) is 1. The molecule has 0 aliphatic carbocycles. The number of alkyl halides is 3. The van der Waals surface area contributed by atoms with Gasteiger partial charge in [-0.05, 0) is 43.6 Å². The number of nitriles is 1. The van der Waals surface area contributed by atoms with E-state index in [4.69, 9.17) is 0 Å². The molecule has 1 aliphatic heterocycles. The summed E-state index contributed by atoms with van der Waals surface area (Å²) < 4.78 is 40.0. The number of hydrogen-bond donors (Lipinski definition) is 1. The van der Waals surface area contributed by atoms with Crippen molar-refractivity contribution in [1.82, 2.24) is 5.32 Å². The lowest BCUT2D eigenvalue weighted by Gasteiger charge is -2.31. The molecule has 20 heavy (non-hydrogen) atoms. The second kappa shape index (κ2) is 6.33. The number of rotatable bonds is 2. The zero-order valence-corrected chi connectivity index (χ0v) is 11.4. The molecule has 1 aromatic rings. The second-order valence-electron chi connectivity index (χ2n) is 4.52. The first-order valence-electron chi connectivity index (χ1n) is 5.93. The highest BCUT2D eigenvalue weighted by molar-refractivity contribution is 5.85. The normalized spacial score (nSPS) is 17.7. The predicted octanol–water partition coefficient (Wildman–Crippen LogP) is 3.15. The molecule has 0 radical (unpaired) electrons. The minimum absolute atomic E-state index is 0. The van der Waals surface area contributed by atoms with Gasteiger partial charge in [-0.1, -0.05) is 12.1 Å². The number of hydrogen-bond acceptors (Lipinski definition) is 3. The molecule has 1 heterocycles. The summed E-state index contributed by atoms with van der Waals surface area (Å²) in [4.78, 5) is 0. The minimum Gasteiger partial charge on any atom is -0.406 e. The molecule has 0 saturated carbocycles. The number of benzene rings is 1. The minimum atomic E-state index is -4.69. The fraction of sp³-hybridized carbons (Fsp3) is 0.462. The van der Waals surface area contributed by atoms with Crippen LogP contribution in [0.25, 0.3) is 0 Å². The van der Waals surface area contributed by atoms with E-state index in [1.807, 2.05) is 0 Å². The molecule has 7 heteroatoms. The summed E-state index contributed by atoms with van der Waals surface area (Å²) in [5.74, 6) is -0.265. The van der Waals surface area contributed by atoms with Gasteiger partial charge >= 0.3 is 6.36 Å². The average Bonchev–Trinajstić information content (AvgIpc) is 2.38. The van der Waals surface area contributed by atoms with Crippen LogP contribution in [0.2, 0.25) is 0 Å². The summed E-state index contributed by atoms with van der Waals surface area (Å²) in [6, 6.07) is 7.88. The van der Waals surface area contributed by atoms with Crippen LogP contribution in [0.15, 0.2) is 24.3 Å². The van der Waals surface area contributed by atoms with E-state index in [-0.39, 0.29) is 18.2 Å². The van der Waals surface area contributed by atoms with Gasteiger partial charge < -0.3 is 10.1 Å². The van der Waals surface area contributed by atoms with Gasteiger partial charge in [-0.15, -0.1) is 25.6 Å². The monoisotopic (exact) mass is 306 g/mol. The zero-order valence-electron chi connectivity index (χ0n) is 10.5. The Balaban J connectivity index is 0.00000200. The molecule has 1 aliphatic rings. The standard InChI is InChI=1S/C13H13F3N2O.ClH/c14-13(15,16)19-11-3-1-10(2-4-11)12(9-17)5-7-18-8-6-12;/h1-4,18H,5-8H2;1H. The van der Waals surface area contributed by atoms with Crippen LogP contribution in [0.1, 0.15) is 18.4 Å². The van der Waals surface area contributed by atoms with E-state index in [1.54, 1.807) is 0 Å². The first kappa shape index (κ1) is 16.6. The maximum Gasteiger partial charge on any atom is 0.573 e. The van der Waals surface area contributed by atoms with Crippen LogP contribution < -0.4 is 10.1 Å². The Morgan fingerprint density at radius 2 is 1.70 bits per heavy atom. The molecule has 0 unspecified atom stereocenters. The molecule has 1 N–H and O–H groups in total. The molecule has 1 saturated heterocycles. The summed E-state index contributed by atoms with van der Waals surface area (Å²) >= 11 is 0. The van der Waals surface area contributed by atoms with Crippen LogP contribution in [0.4, 0.5) is 13.2 Å². The largest absolute Gasteiger partial charge is 0.573 e. The van der Waals surface area contributed by atoms with E-state index in [0.717, 1.165) is 18.7 Å². The molecular formula is C13H14ClF3N2O. The number of nitrogens with one attached hydrogen (secondary N) is 1. The van der Waals surface area contributed by atoms with Crippen molar-refractivity contribution in [3.63, 3.8) is 0 Å². The Morgan fingerprint density at radius 3 is 2.15 bits per heavy atom. The van der Waals surface area contributed by atoms with Crippen molar-refractivity contribution in [3.8, 4) is 11.8 Å². The fourth-order valence-electron chi connectivity index (χ4n) is 2.29. The summed E-state index contributed by atoms with van der Waals surface area (Å²) in [6.07, 6.45) is -3.38. The van der Waals surface area contributed by atoms with Crippen molar-refractivity contribution in [1.29, 1.82) is 5.26 Å². The maximum absolute atomic E-state index is 12.1. The number of halogens is 4. The number of ether oxygens (including phenoxy) is 1. The maximum atomic E-state index is 12.1. The van der Waals surface area contributed by atoms with Crippen LogP contribution in [0, 0.1) is 11.3 Å². The highest BCUT2D eigenvalue weighted by atomic mass is 35.5. The lowest BCUT2D eigenvalue weighted by atomic mass is 9.74. The summed E-state index contributed by atoms with van der Waals surface area (Å²) in [7, 11) is 0. The van der Waals surface area contributed by atoms with Crippen molar-refractivity contribution in [2.45, 2.75) is 24.6 Å². The zero-order chi connectivity index (χ0) is 13.9. The molecular weight excluding hydrogens is 293 g/mol. The van der Waals surface area contributed by atoms with E-state index < -0.39 is 11.8 Å². The highest BCUT2D eigenvalue weighted by Crippen LogP contribution is 2.34. The lowest BCUT2D eigenvalue weighted by Crippen LogP contribution is -2.38. The number of piperidine rings is 1. The molecule has 0 bridgehead atoms. The average molecular weight is 307 g/mol. The van der Waals surface area contributed by atoms with Crippen LogP contribution >= 0.6 is 12.4 Å². The van der Waals surface area contributed by atoms with Gasteiger partial charge in [0.1, 0.15) is 5.75 Å². The lowest BCUT2D eigenvalue weighted by molar-refractivity contribution is -0.274. The molecule has 0 spiro atoms. The Morgan fingerprint density at radius 1 is 1.15 bits per heavy atom. The Bertz CT molecular complexity index is 476. The Labute approximate surface area is 121 Å². The smallest absolute Gasteiger partial charge is 0.406 e. The van der Waals surface area contributed by atoms with E-state index in [2.05, 4.69) is 16.1 Å². The topological polar surface area (TPSA) is 45.0 Å². The third-order valence-corrected chi connectivity index (χ3v) is 3.31. The van der Waals surface area contributed by atoms with Gasteiger partial charge in [-0.2, -0.15) is 5.26 Å². The Kier molecular flexibility index (Phi) is 5.26. The molecule has 0 aromatic heterocycles. The van der Waals surface area contributed by atoms with Gasteiger partial charge in [0.05, 0.1) is 11.5 Å². The van der Waals surface area contributed by atoms with Crippen molar-refractivity contribution in [2.24, 2.45) is 0 Å². The molecule has 2 rings (SSSR count). The third-order valence-electron chi connectivity index (χ3n) is 3.31. The van der Waals surface area contributed by atoms with Crippen LogP contribution in [0.5, 0.6) is 5.75 Å². The van der Waals surface area contributed by atoms with E-state index in [9.17, 15) is 18.4 Å².